The van der Waals surface area contributed by atoms with E-state index in [1.807, 2.05) is 0 Å². The molecule has 1 atom stereocenters. The molecule has 0 radical (unpaired) electrons. The van der Waals surface area contributed by atoms with E-state index in [4.69, 9.17) is 25.7 Å². The number of ether oxygens (including phenoxy) is 3. The maximum atomic E-state index is 10.9. The fraction of sp³-hybridized carbons (Fsp3) is 0.917. The van der Waals surface area contributed by atoms with Crippen molar-refractivity contribution < 1.29 is 19.0 Å². The summed E-state index contributed by atoms with van der Waals surface area (Å²) in [6.07, 6.45) is 2.10. The summed E-state index contributed by atoms with van der Waals surface area (Å²) in [6, 6.07) is 0. The number of carbonyl (C=O) groups is 1. The highest BCUT2D eigenvalue weighted by molar-refractivity contribution is 5.83. The number of nitrogens with two attached hydrogens (primary N) is 2. The number of carbonyl (C=O) groups excluding carboxylic acids is 1. The Morgan fingerprint density at radius 1 is 1.06 bits per heavy atom. The van der Waals surface area contributed by atoms with Crippen LogP contribution < -0.4 is 11.5 Å². The molecule has 0 bridgehead atoms. The van der Waals surface area contributed by atoms with Gasteiger partial charge in [0.15, 0.2) is 0 Å². The first kappa shape index (κ1) is 17.3. The molecule has 0 aliphatic heterocycles. The van der Waals surface area contributed by atoms with E-state index in [9.17, 15) is 4.79 Å². The smallest absolute Gasteiger partial charge is 0.237 e. The predicted octanol–water partition coefficient (Wildman–Crippen LogP) is 0.0390. The van der Waals surface area contributed by atoms with Crippen LogP contribution in [0.5, 0.6) is 0 Å². The van der Waals surface area contributed by atoms with Gasteiger partial charge in [-0.2, -0.15) is 0 Å². The third-order valence-corrected chi connectivity index (χ3v) is 2.56. The van der Waals surface area contributed by atoms with Crippen molar-refractivity contribution in [1.82, 2.24) is 0 Å². The summed E-state index contributed by atoms with van der Waals surface area (Å²) in [4.78, 5) is 10.9. The number of amides is 1. The van der Waals surface area contributed by atoms with Crippen LogP contribution in [0.25, 0.3) is 0 Å². The van der Waals surface area contributed by atoms with Gasteiger partial charge in [-0.15, -0.1) is 0 Å². The highest BCUT2D eigenvalue weighted by atomic mass is 16.5. The van der Waals surface area contributed by atoms with E-state index in [-0.39, 0.29) is 0 Å². The lowest BCUT2D eigenvalue weighted by Gasteiger charge is -2.19. The lowest BCUT2D eigenvalue weighted by atomic mass is 9.97. The van der Waals surface area contributed by atoms with Gasteiger partial charge < -0.3 is 25.7 Å². The standard InChI is InChI=1S/C12H26N2O4/c1-12(14,11(13)15)5-3-6-17-7-4-8-18-10-9-16-2/h3-10,14H2,1-2H3,(H2,13,15). The number of primary amides is 1. The van der Waals surface area contributed by atoms with Gasteiger partial charge in [-0.1, -0.05) is 0 Å². The first-order valence-corrected chi connectivity index (χ1v) is 6.24. The van der Waals surface area contributed by atoms with E-state index in [0.717, 1.165) is 12.8 Å². The van der Waals surface area contributed by atoms with E-state index in [0.29, 0.717) is 39.5 Å². The lowest BCUT2D eigenvalue weighted by molar-refractivity contribution is -0.122. The monoisotopic (exact) mass is 262 g/mol. The summed E-state index contributed by atoms with van der Waals surface area (Å²) in [5.41, 5.74) is 9.93. The second kappa shape index (κ2) is 10.3. The van der Waals surface area contributed by atoms with Crippen LogP contribution in [-0.4, -0.2) is 51.6 Å². The Bertz CT molecular complexity index is 222. The summed E-state index contributed by atoms with van der Waals surface area (Å²) in [5, 5.41) is 0. The molecule has 0 saturated carbocycles. The second-order valence-electron chi connectivity index (χ2n) is 4.46. The Kier molecular flexibility index (Phi) is 9.86. The SMILES string of the molecule is COCCOCCCOCCCC(C)(N)C(N)=O. The number of methoxy groups -OCH3 is 1. The highest BCUT2D eigenvalue weighted by Crippen LogP contribution is 2.07. The molecule has 6 nitrogen and oxygen atoms in total. The van der Waals surface area contributed by atoms with Crippen molar-refractivity contribution in [3.05, 3.63) is 0 Å². The van der Waals surface area contributed by atoms with Gasteiger partial charge in [-0.3, -0.25) is 4.79 Å². The molecule has 0 rings (SSSR count). The molecule has 1 amide bonds. The van der Waals surface area contributed by atoms with Crippen LogP contribution in [0.1, 0.15) is 26.2 Å². The van der Waals surface area contributed by atoms with Crippen molar-refractivity contribution >= 4 is 5.91 Å². The fourth-order valence-electron chi connectivity index (χ4n) is 1.27. The Balaban J connectivity index is 3.24. The molecule has 0 fully saturated rings. The maximum Gasteiger partial charge on any atom is 0.237 e. The summed E-state index contributed by atoms with van der Waals surface area (Å²) in [6.45, 7) is 4.75. The minimum absolute atomic E-state index is 0.478. The van der Waals surface area contributed by atoms with Crippen molar-refractivity contribution in [2.75, 3.05) is 40.1 Å². The molecular formula is C12H26N2O4. The van der Waals surface area contributed by atoms with Gasteiger partial charge in [0.05, 0.1) is 18.8 Å². The largest absolute Gasteiger partial charge is 0.382 e. The molecule has 0 aromatic heterocycles. The van der Waals surface area contributed by atoms with Crippen LogP contribution >= 0.6 is 0 Å². The van der Waals surface area contributed by atoms with Crippen molar-refractivity contribution in [1.29, 1.82) is 0 Å². The molecule has 4 N–H and O–H groups in total. The molecule has 0 aromatic rings. The van der Waals surface area contributed by atoms with Crippen LogP contribution in [0.3, 0.4) is 0 Å². The van der Waals surface area contributed by atoms with E-state index in [1.165, 1.54) is 0 Å². The normalized spacial score (nSPS) is 14.4. The van der Waals surface area contributed by atoms with Crippen molar-refractivity contribution in [3.8, 4) is 0 Å². The van der Waals surface area contributed by atoms with E-state index in [2.05, 4.69) is 0 Å². The fourth-order valence-corrected chi connectivity index (χ4v) is 1.27. The van der Waals surface area contributed by atoms with Gasteiger partial charge in [-0.05, 0) is 26.2 Å². The molecule has 18 heavy (non-hydrogen) atoms. The Morgan fingerprint density at radius 2 is 1.61 bits per heavy atom. The molecule has 0 saturated heterocycles. The van der Waals surface area contributed by atoms with Crippen LogP contribution in [0, 0.1) is 0 Å². The lowest BCUT2D eigenvalue weighted by Crippen LogP contribution is -2.49. The number of rotatable bonds is 12. The summed E-state index contributed by atoms with van der Waals surface area (Å²) in [5.74, 6) is -0.478. The minimum Gasteiger partial charge on any atom is -0.382 e. The molecular weight excluding hydrogens is 236 g/mol. The van der Waals surface area contributed by atoms with E-state index < -0.39 is 11.4 Å². The zero-order valence-electron chi connectivity index (χ0n) is 11.4. The van der Waals surface area contributed by atoms with Crippen LogP contribution in [-0.2, 0) is 19.0 Å². The van der Waals surface area contributed by atoms with Crippen LogP contribution in [0.2, 0.25) is 0 Å². The highest BCUT2D eigenvalue weighted by Gasteiger charge is 2.24. The van der Waals surface area contributed by atoms with Crippen LogP contribution in [0.4, 0.5) is 0 Å². The number of hydrogen-bond acceptors (Lipinski definition) is 5. The van der Waals surface area contributed by atoms with Crippen molar-refractivity contribution in [2.24, 2.45) is 11.5 Å². The minimum atomic E-state index is -0.938. The molecule has 1 unspecified atom stereocenters. The molecule has 0 heterocycles. The quantitative estimate of drug-likeness (QED) is 0.484. The third kappa shape index (κ3) is 9.35. The molecule has 0 spiro atoms. The average Bonchev–Trinajstić information content (AvgIpc) is 2.31. The first-order valence-electron chi connectivity index (χ1n) is 6.24. The van der Waals surface area contributed by atoms with Crippen molar-refractivity contribution in [2.45, 2.75) is 31.7 Å². The van der Waals surface area contributed by atoms with Gasteiger partial charge in [0.2, 0.25) is 5.91 Å². The zero-order chi connectivity index (χ0) is 13.9. The zero-order valence-corrected chi connectivity index (χ0v) is 11.4. The molecule has 0 aliphatic rings. The van der Waals surface area contributed by atoms with Gasteiger partial charge in [0, 0.05) is 26.9 Å². The summed E-state index contributed by atoms with van der Waals surface area (Å²) >= 11 is 0. The maximum absolute atomic E-state index is 10.9. The summed E-state index contributed by atoms with van der Waals surface area (Å²) in [7, 11) is 1.64. The summed E-state index contributed by atoms with van der Waals surface area (Å²) < 4.78 is 15.5. The Morgan fingerprint density at radius 3 is 2.17 bits per heavy atom. The molecule has 0 aromatic carbocycles. The second-order valence-corrected chi connectivity index (χ2v) is 4.46. The van der Waals surface area contributed by atoms with E-state index in [1.54, 1.807) is 14.0 Å². The predicted molar refractivity (Wildman–Crippen MR) is 69.2 cm³/mol. The van der Waals surface area contributed by atoms with Gasteiger partial charge >= 0.3 is 0 Å². The molecule has 0 aliphatic carbocycles. The Labute approximate surface area is 109 Å². The number of hydrogen-bond donors (Lipinski definition) is 2. The van der Waals surface area contributed by atoms with Crippen LogP contribution in [0.15, 0.2) is 0 Å². The van der Waals surface area contributed by atoms with Crippen molar-refractivity contribution in [3.63, 3.8) is 0 Å². The third-order valence-electron chi connectivity index (χ3n) is 2.56. The van der Waals surface area contributed by atoms with Gasteiger partial charge in [-0.25, -0.2) is 0 Å². The van der Waals surface area contributed by atoms with E-state index >= 15 is 0 Å². The van der Waals surface area contributed by atoms with Gasteiger partial charge in [0.25, 0.3) is 0 Å². The first-order chi connectivity index (χ1) is 8.50. The average molecular weight is 262 g/mol. The molecule has 6 heteroatoms. The molecule has 108 valence electrons. The van der Waals surface area contributed by atoms with Gasteiger partial charge in [0.1, 0.15) is 0 Å². The topological polar surface area (TPSA) is 96.8 Å². The Hall–Kier alpha value is -0.690.